The van der Waals surface area contributed by atoms with E-state index in [1.165, 1.54) is 17.0 Å². The second kappa shape index (κ2) is 28.7. The summed E-state index contributed by atoms with van der Waals surface area (Å²) in [6.45, 7) is -0.258. The van der Waals surface area contributed by atoms with Crippen molar-refractivity contribution in [2.75, 3.05) is 31.1 Å². The number of nitrogens with zero attached hydrogens (tertiary/aromatic N) is 1. The first kappa shape index (κ1) is 56.7. The zero-order valence-corrected chi connectivity index (χ0v) is 40.5. The Morgan fingerprint density at radius 2 is 1.34 bits per heavy atom. The smallest absolute Gasteiger partial charge is 0.246 e. The molecule has 7 atom stereocenters. The van der Waals surface area contributed by atoms with Gasteiger partial charge in [-0.05, 0) is 61.9 Å². The predicted molar refractivity (Wildman–Crippen MR) is 261 cm³/mol. The molecule has 2 aliphatic heterocycles. The van der Waals surface area contributed by atoms with Gasteiger partial charge in [0.2, 0.25) is 65.0 Å². The van der Waals surface area contributed by atoms with Gasteiger partial charge in [-0.15, -0.1) is 0 Å². The van der Waals surface area contributed by atoms with Crippen LogP contribution in [-0.2, 0) is 65.6 Å². The monoisotopic (exact) mass is 1030 g/mol. The molecule has 2 heterocycles. The standard InChI is InChI=1S/C45H62N12O12S2/c46-17-4-8-28(39(63)50-23-37(49)61)53-44(68)34-9-5-18-57(34)45(69)33-24-71-70-19-16-38(62)51-30(21-26-10-12-27(58)13-11-26)41(65)54-31(20-25-6-2-1-3-7-25)42(66)52-29(14-15-35(47)59)40(64)55-32(22-36(48)60)43(67)56-33/h1-3,6-7,10-13,28-34,58H,4-5,8-9,14-24,46H2,(H2,47,59)(H2,48,60)(H2,49,61)(H,50,63)(H,51,62)(H,52,66)(H,53,68)(H,54,65)(H,55,64)(H,56,67)/t28-,29+,30?,31+,32?,33?,34+/m1/s1. The lowest BCUT2D eigenvalue weighted by molar-refractivity contribution is -0.142. The summed E-state index contributed by atoms with van der Waals surface area (Å²) >= 11 is 0. The molecule has 0 bridgehead atoms. The van der Waals surface area contributed by atoms with Gasteiger partial charge in [-0.1, -0.05) is 64.1 Å². The van der Waals surface area contributed by atoms with E-state index in [1.54, 1.807) is 42.5 Å². The van der Waals surface area contributed by atoms with Gasteiger partial charge in [-0.3, -0.25) is 52.7 Å². The fourth-order valence-electron chi connectivity index (χ4n) is 7.60. The number of hydrogen-bond acceptors (Lipinski definition) is 15. The molecule has 11 amide bonds. The van der Waals surface area contributed by atoms with Crippen LogP contribution in [0.5, 0.6) is 5.75 Å². The molecule has 2 aliphatic rings. The molecule has 386 valence electrons. The number of nitrogens with one attached hydrogen (secondary N) is 7. The van der Waals surface area contributed by atoms with Gasteiger partial charge in [0.25, 0.3) is 0 Å². The minimum Gasteiger partial charge on any atom is -0.508 e. The lowest BCUT2D eigenvalue weighted by atomic mass is 10.0. The van der Waals surface area contributed by atoms with E-state index in [0.29, 0.717) is 24.0 Å². The molecule has 0 saturated carbocycles. The van der Waals surface area contributed by atoms with Crippen LogP contribution in [0, 0.1) is 0 Å². The highest BCUT2D eigenvalue weighted by molar-refractivity contribution is 8.76. The number of carbonyl (C=O) groups excluding carboxylic acids is 11. The van der Waals surface area contributed by atoms with Crippen LogP contribution in [0.1, 0.15) is 62.5 Å². The Balaban J connectivity index is 1.69. The Kier molecular flexibility index (Phi) is 22.9. The summed E-state index contributed by atoms with van der Waals surface area (Å²) in [5.74, 6) is -9.32. The van der Waals surface area contributed by atoms with E-state index >= 15 is 0 Å². The largest absolute Gasteiger partial charge is 0.508 e. The second-order valence-corrected chi connectivity index (χ2v) is 19.5. The van der Waals surface area contributed by atoms with Crippen molar-refractivity contribution in [3.63, 3.8) is 0 Å². The van der Waals surface area contributed by atoms with Crippen molar-refractivity contribution >= 4 is 86.6 Å². The molecule has 0 radical (unpaired) electrons. The Morgan fingerprint density at radius 3 is 1.97 bits per heavy atom. The van der Waals surface area contributed by atoms with Gasteiger partial charge in [0, 0.05) is 43.7 Å². The second-order valence-electron chi connectivity index (χ2n) is 16.8. The Bertz CT molecular complexity index is 2240. The molecule has 2 aromatic carbocycles. The van der Waals surface area contributed by atoms with Crippen molar-refractivity contribution < 1.29 is 57.8 Å². The van der Waals surface area contributed by atoms with E-state index in [1.807, 2.05) is 0 Å². The van der Waals surface area contributed by atoms with E-state index in [0.717, 1.165) is 21.6 Å². The molecule has 0 aliphatic carbocycles. The summed E-state index contributed by atoms with van der Waals surface area (Å²) in [6, 6.07) is 4.75. The maximum Gasteiger partial charge on any atom is 0.246 e. The van der Waals surface area contributed by atoms with Crippen molar-refractivity contribution in [3.8, 4) is 5.75 Å². The molecule has 26 heteroatoms. The van der Waals surface area contributed by atoms with Crippen molar-refractivity contribution in [3.05, 3.63) is 65.7 Å². The van der Waals surface area contributed by atoms with Crippen LogP contribution in [0.25, 0.3) is 0 Å². The van der Waals surface area contributed by atoms with Crippen molar-refractivity contribution in [2.24, 2.45) is 22.9 Å². The minimum atomic E-state index is -1.75. The number of hydrogen-bond donors (Lipinski definition) is 12. The summed E-state index contributed by atoms with van der Waals surface area (Å²) in [5.41, 5.74) is 22.9. The van der Waals surface area contributed by atoms with E-state index < -0.39 is 133 Å². The van der Waals surface area contributed by atoms with Gasteiger partial charge in [-0.2, -0.15) is 0 Å². The van der Waals surface area contributed by atoms with Crippen molar-refractivity contribution in [1.82, 2.24) is 42.1 Å². The number of aromatic hydroxyl groups is 1. The molecule has 24 nitrogen and oxygen atoms in total. The summed E-state index contributed by atoms with van der Waals surface area (Å²) in [7, 11) is 2.21. The fourth-order valence-corrected chi connectivity index (χ4v) is 9.75. The number of nitrogens with two attached hydrogens (primary N) is 4. The van der Waals surface area contributed by atoms with Gasteiger partial charge in [0.05, 0.1) is 13.0 Å². The summed E-state index contributed by atoms with van der Waals surface area (Å²) in [4.78, 5) is 148. The van der Waals surface area contributed by atoms with Gasteiger partial charge in [0.1, 0.15) is 48.0 Å². The molecular weight excluding hydrogens is 965 g/mol. The van der Waals surface area contributed by atoms with Gasteiger partial charge in [-0.25, -0.2) is 0 Å². The Morgan fingerprint density at radius 1 is 0.732 bits per heavy atom. The lowest BCUT2D eigenvalue weighted by Gasteiger charge is -2.31. The first-order chi connectivity index (χ1) is 33.8. The Hall–Kier alpha value is -6.93. The van der Waals surface area contributed by atoms with E-state index in [4.69, 9.17) is 22.9 Å². The number of primary amides is 3. The topological polar surface area (TPSA) is 400 Å². The highest BCUT2D eigenvalue weighted by Crippen LogP contribution is 2.26. The number of phenolic OH excluding ortho intramolecular Hbond substituents is 1. The quantitative estimate of drug-likeness (QED) is 0.0641. The molecule has 0 aromatic heterocycles. The van der Waals surface area contributed by atoms with Crippen molar-refractivity contribution in [1.29, 1.82) is 0 Å². The van der Waals surface area contributed by atoms with Crippen LogP contribution in [0.2, 0.25) is 0 Å². The molecule has 16 N–H and O–H groups in total. The number of phenols is 1. The molecule has 3 unspecified atom stereocenters. The first-order valence-electron chi connectivity index (χ1n) is 22.9. The molecule has 2 fully saturated rings. The van der Waals surface area contributed by atoms with Crippen LogP contribution >= 0.6 is 21.6 Å². The first-order valence-corrected chi connectivity index (χ1v) is 25.3. The van der Waals surface area contributed by atoms with Crippen LogP contribution in [-0.4, -0.2) is 148 Å². The highest BCUT2D eigenvalue weighted by Gasteiger charge is 2.40. The van der Waals surface area contributed by atoms with Gasteiger partial charge in [0.15, 0.2) is 0 Å². The maximum absolute atomic E-state index is 14.5. The summed E-state index contributed by atoms with van der Waals surface area (Å²) in [6.07, 6.45) is -1.04. The van der Waals surface area contributed by atoms with Gasteiger partial charge < -0.3 is 70.2 Å². The van der Waals surface area contributed by atoms with Gasteiger partial charge >= 0.3 is 0 Å². The molecule has 2 saturated heterocycles. The zero-order chi connectivity index (χ0) is 52.0. The Labute approximate surface area is 417 Å². The minimum absolute atomic E-state index is 0.0365. The average Bonchev–Trinajstić information content (AvgIpc) is 3.83. The number of likely N-dealkylation sites (tertiary alicyclic amines) is 1. The molecule has 4 rings (SSSR count). The third-order valence-corrected chi connectivity index (χ3v) is 13.7. The molecular formula is C45H62N12O12S2. The summed E-state index contributed by atoms with van der Waals surface area (Å²) in [5, 5.41) is 27.8. The fraction of sp³-hybridized carbons (Fsp3) is 0.489. The SMILES string of the molecule is NCCC[C@@H](NC(=O)[C@@H]1CCCN1C(=O)C1CSSCCC(=O)NC(Cc2ccc(O)cc2)C(=O)N[C@@H](Cc2ccccc2)C(=O)N[C@@H](CCC(N)=O)C(=O)NC(CC(N)=O)C(=O)N1)C(=O)NCC(N)=O. The number of amides is 11. The average molecular weight is 1030 g/mol. The number of carbonyl (C=O) groups is 11. The lowest BCUT2D eigenvalue weighted by Crippen LogP contribution is -2.61. The van der Waals surface area contributed by atoms with Crippen LogP contribution < -0.4 is 60.2 Å². The third-order valence-electron chi connectivity index (χ3n) is 11.2. The van der Waals surface area contributed by atoms with E-state index in [-0.39, 0.29) is 62.4 Å². The maximum atomic E-state index is 14.5. The highest BCUT2D eigenvalue weighted by atomic mass is 33.1. The molecule has 2 aromatic rings. The van der Waals surface area contributed by atoms with Crippen LogP contribution in [0.3, 0.4) is 0 Å². The number of rotatable bonds is 18. The third kappa shape index (κ3) is 19.1. The van der Waals surface area contributed by atoms with Crippen molar-refractivity contribution in [2.45, 2.75) is 107 Å². The number of benzene rings is 2. The normalized spacial score (nSPS) is 22.3. The summed E-state index contributed by atoms with van der Waals surface area (Å²) < 4.78 is 0. The molecule has 0 spiro atoms. The molecule has 71 heavy (non-hydrogen) atoms. The zero-order valence-electron chi connectivity index (χ0n) is 38.9. The van der Waals surface area contributed by atoms with E-state index in [2.05, 4.69) is 37.2 Å². The van der Waals surface area contributed by atoms with E-state index in [9.17, 15) is 57.8 Å². The van der Waals surface area contributed by atoms with Crippen LogP contribution in [0.15, 0.2) is 54.6 Å². The predicted octanol–water partition coefficient (Wildman–Crippen LogP) is -3.66. The van der Waals surface area contributed by atoms with Crippen LogP contribution in [0.4, 0.5) is 0 Å².